The Kier molecular flexibility index (Phi) is 4.23. The molecule has 1 nitrogen and oxygen atoms in total. The number of hydrogen-bond acceptors (Lipinski definition) is 1. The Morgan fingerprint density at radius 3 is 2.15 bits per heavy atom. The van der Waals surface area contributed by atoms with Gasteiger partial charge in [0.25, 0.3) is 0 Å². The van der Waals surface area contributed by atoms with Crippen LogP contribution in [0.4, 0.5) is 0 Å². The van der Waals surface area contributed by atoms with Crippen LogP contribution in [0, 0.1) is 11.8 Å². The van der Waals surface area contributed by atoms with Gasteiger partial charge in [-0.15, -0.1) is 13.2 Å². The lowest BCUT2D eigenvalue weighted by molar-refractivity contribution is 0.135. The van der Waals surface area contributed by atoms with Gasteiger partial charge in [-0.25, -0.2) is 0 Å². The quantitative estimate of drug-likeness (QED) is 0.567. The van der Waals surface area contributed by atoms with Crippen LogP contribution in [0.25, 0.3) is 0 Å². The van der Waals surface area contributed by atoms with E-state index in [0.717, 1.165) is 24.9 Å². The van der Waals surface area contributed by atoms with Crippen LogP contribution in [0.3, 0.4) is 0 Å². The summed E-state index contributed by atoms with van der Waals surface area (Å²) in [5.74, 6) is 1.84. The summed E-state index contributed by atoms with van der Waals surface area (Å²) in [5.41, 5.74) is 0. The highest BCUT2D eigenvalue weighted by atomic mass is 15.1. The van der Waals surface area contributed by atoms with E-state index < -0.39 is 0 Å². The van der Waals surface area contributed by atoms with Gasteiger partial charge in [0.05, 0.1) is 0 Å². The Labute approximate surface area is 82.1 Å². The average Bonchev–Trinajstić information content (AvgIpc) is 2.12. The van der Waals surface area contributed by atoms with Gasteiger partial charge >= 0.3 is 0 Å². The number of hydrogen-bond donors (Lipinski definition) is 0. The molecule has 0 spiro atoms. The first-order valence-corrected chi connectivity index (χ1v) is 5.22. The van der Waals surface area contributed by atoms with Gasteiger partial charge in [0.2, 0.25) is 0 Å². The minimum absolute atomic E-state index is 0.917. The second kappa shape index (κ2) is 5.23. The Morgan fingerprint density at radius 1 is 1.23 bits per heavy atom. The number of rotatable bonds is 6. The van der Waals surface area contributed by atoms with Crippen molar-refractivity contribution in [3.05, 3.63) is 25.3 Å². The van der Waals surface area contributed by atoms with Crippen molar-refractivity contribution < 1.29 is 0 Å². The zero-order valence-corrected chi connectivity index (χ0v) is 8.71. The van der Waals surface area contributed by atoms with E-state index in [0.29, 0.717) is 0 Å². The molecule has 2 atom stereocenters. The summed E-state index contributed by atoms with van der Waals surface area (Å²) in [6.07, 6.45) is 6.78. The lowest BCUT2D eigenvalue weighted by Gasteiger charge is -2.37. The minimum atomic E-state index is 0.917. The summed E-state index contributed by atoms with van der Waals surface area (Å²) < 4.78 is 0. The molecular formula is C12H21N. The molecular weight excluding hydrogens is 158 g/mol. The third kappa shape index (κ3) is 3.00. The van der Waals surface area contributed by atoms with Crippen LogP contribution in [0.5, 0.6) is 0 Å². The van der Waals surface area contributed by atoms with Crippen LogP contribution >= 0.6 is 0 Å². The second-order valence-electron chi connectivity index (χ2n) is 4.11. The Bertz CT molecular complexity index is 164. The van der Waals surface area contributed by atoms with Crippen LogP contribution in [0.2, 0.25) is 0 Å². The average molecular weight is 179 g/mol. The largest absolute Gasteiger partial charge is 0.296 e. The standard InChI is InChI=1S/C12H21N/c1-4-8-13(9-5-2)10-12-7-6-11(12)3/h4-5,11-12H,1-2,6-10H2,3H3. The maximum Gasteiger partial charge on any atom is 0.0164 e. The molecule has 1 heteroatoms. The van der Waals surface area contributed by atoms with E-state index in [1.165, 1.54) is 19.4 Å². The van der Waals surface area contributed by atoms with Crippen LogP contribution in [-0.2, 0) is 0 Å². The summed E-state index contributed by atoms with van der Waals surface area (Å²) in [4.78, 5) is 2.42. The second-order valence-corrected chi connectivity index (χ2v) is 4.11. The van der Waals surface area contributed by atoms with Crippen molar-refractivity contribution in [2.24, 2.45) is 11.8 Å². The molecule has 0 bridgehead atoms. The summed E-state index contributed by atoms with van der Waals surface area (Å²) in [5, 5.41) is 0. The van der Waals surface area contributed by atoms with Crippen molar-refractivity contribution in [3.8, 4) is 0 Å². The summed E-state index contributed by atoms with van der Waals surface area (Å²) >= 11 is 0. The lowest BCUT2D eigenvalue weighted by atomic mass is 9.75. The molecule has 0 amide bonds. The Morgan fingerprint density at radius 2 is 1.85 bits per heavy atom. The molecule has 0 N–H and O–H groups in total. The normalized spacial score (nSPS) is 26.9. The molecule has 0 aromatic rings. The Hall–Kier alpha value is -0.560. The van der Waals surface area contributed by atoms with Gasteiger partial charge in [-0.2, -0.15) is 0 Å². The van der Waals surface area contributed by atoms with Crippen molar-refractivity contribution >= 4 is 0 Å². The van der Waals surface area contributed by atoms with Crippen LogP contribution < -0.4 is 0 Å². The van der Waals surface area contributed by atoms with Crippen LogP contribution in [0.15, 0.2) is 25.3 Å². The van der Waals surface area contributed by atoms with Crippen molar-refractivity contribution in [2.75, 3.05) is 19.6 Å². The molecule has 1 saturated carbocycles. The van der Waals surface area contributed by atoms with E-state index in [-0.39, 0.29) is 0 Å². The summed E-state index contributed by atoms with van der Waals surface area (Å²) in [7, 11) is 0. The number of nitrogens with zero attached hydrogens (tertiary/aromatic N) is 1. The third-order valence-electron chi connectivity index (χ3n) is 3.06. The zero-order valence-electron chi connectivity index (χ0n) is 8.71. The first-order chi connectivity index (χ1) is 6.27. The SMILES string of the molecule is C=CCN(CC=C)CC1CCC1C. The Balaban J connectivity index is 2.27. The highest BCUT2D eigenvalue weighted by molar-refractivity contribution is 4.85. The van der Waals surface area contributed by atoms with Gasteiger partial charge in [0.1, 0.15) is 0 Å². The van der Waals surface area contributed by atoms with Crippen molar-refractivity contribution in [1.29, 1.82) is 0 Å². The monoisotopic (exact) mass is 179 g/mol. The molecule has 0 aliphatic heterocycles. The first kappa shape index (κ1) is 10.5. The maximum absolute atomic E-state index is 3.78. The molecule has 1 aliphatic rings. The van der Waals surface area contributed by atoms with Crippen LogP contribution in [-0.4, -0.2) is 24.5 Å². The van der Waals surface area contributed by atoms with E-state index in [1.807, 2.05) is 12.2 Å². The zero-order chi connectivity index (χ0) is 9.68. The lowest BCUT2D eigenvalue weighted by Crippen LogP contribution is -2.37. The molecule has 0 heterocycles. The van der Waals surface area contributed by atoms with E-state index >= 15 is 0 Å². The van der Waals surface area contributed by atoms with Crippen LogP contribution in [0.1, 0.15) is 19.8 Å². The summed E-state index contributed by atoms with van der Waals surface area (Å²) in [6.45, 7) is 13.1. The molecule has 1 rings (SSSR count). The summed E-state index contributed by atoms with van der Waals surface area (Å²) in [6, 6.07) is 0. The van der Waals surface area contributed by atoms with Crippen molar-refractivity contribution in [2.45, 2.75) is 19.8 Å². The molecule has 0 aromatic carbocycles. The van der Waals surface area contributed by atoms with E-state index in [4.69, 9.17) is 0 Å². The van der Waals surface area contributed by atoms with Gasteiger partial charge < -0.3 is 0 Å². The molecule has 0 saturated heterocycles. The molecule has 1 fully saturated rings. The minimum Gasteiger partial charge on any atom is -0.296 e. The fourth-order valence-corrected chi connectivity index (χ4v) is 1.93. The van der Waals surface area contributed by atoms with Crippen molar-refractivity contribution in [3.63, 3.8) is 0 Å². The highest BCUT2D eigenvalue weighted by Gasteiger charge is 2.27. The van der Waals surface area contributed by atoms with Gasteiger partial charge in [-0.3, -0.25) is 4.90 Å². The molecule has 1 aliphatic carbocycles. The van der Waals surface area contributed by atoms with E-state index in [1.54, 1.807) is 0 Å². The van der Waals surface area contributed by atoms with Gasteiger partial charge in [0.15, 0.2) is 0 Å². The first-order valence-electron chi connectivity index (χ1n) is 5.22. The smallest absolute Gasteiger partial charge is 0.0164 e. The van der Waals surface area contributed by atoms with E-state index in [9.17, 15) is 0 Å². The van der Waals surface area contributed by atoms with E-state index in [2.05, 4.69) is 25.0 Å². The fourth-order valence-electron chi connectivity index (χ4n) is 1.93. The topological polar surface area (TPSA) is 3.24 Å². The highest BCUT2D eigenvalue weighted by Crippen LogP contribution is 2.33. The maximum atomic E-state index is 3.78. The van der Waals surface area contributed by atoms with Gasteiger partial charge in [-0.1, -0.05) is 25.5 Å². The predicted molar refractivity (Wildman–Crippen MR) is 58.7 cm³/mol. The van der Waals surface area contributed by atoms with Crippen molar-refractivity contribution in [1.82, 2.24) is 4.90 Å². The van der Waals surface area contributed by atoms with Gasteiger partial charge in [0, 0.05) is 19.6 Å². The fraction of sp³-hybridized carbons (Fsp3) is 0.667. The molecule has 2 unspecified atom stereocenters. The molecule has 74 valence electrons. The molecule has 13 heavy (non-hydrogen) atoms. The third-order valence-corrected chi connectivity index (χ3v) is 3.06. The van der Waals surface area contributed by atoms with Gasteiger partial charge in [-0.05, 0) is 18.3 Å². The molecule has 0 aromatic heterocycles. The molecule has 0 radical (unpaired) electrons. The predicted octanol–water partition coefficient (Wildman–Crippen LogP) is 2.71.